The van der Waals surface area contributed by atoms with Crippen LogP contribution in [0.15, 0.2) is 29.2 Å². The number of sulfonamides is 1. The maximum Gasteiger partial charge on any atom is 0.240 e. The van der Waals surface area contributed by atoms with Gasteiger partial charge in [-0.25, -0.2) is 13.1 Å². The van der Waals surface area contributed by atoms with Gasteiger partial charge >= 0.3 is 0 Å². The van der Waals surface area contributed by atoms with Gasteiger partial charge < -0.3 is 10.1 Å². The van der Waals surface area contributed by atoms with Crippen LogP contribution in [0.25, 0.3) is 0 Å². The molecule has 0 aliphatic carbocycles. The molecule has 1 heterocycles. The van der Waals surface area contributed by atoms with E-state index in [1.54, 1.807) is 19.2 Å². The molecule has 1 aromatic rings. The van der Waals surface area contributed by atoms with E-state index in [1.165, 1.54) is 0 Å². The van der Waals surface area contributed by atoms with Gasteiger partial charge in [0.05, 0.1) is 11.5 Å². The van der Waals surface area contributed by atoms with Crippen LogP contribution < -0.4 is 10.0 Å². The molecule has 23 heavy (non-hydrogen) atoms. The molecule has 1 aromatic carbocycles. The van der Waals surface area contributed by atoms with Crippen molar-refractivity contribution in [3.63, 3.8) is 0 Å². The summed E-state index contributed by atoms with van der Waals surface area (Å²) >= 11 is 0. The lowest BCUT2D eigenvalue weighted by Gasteiger charge is -2.37. The molecule has 1 saturated heterocycles. The normalized spacial score (nSPS) is 17.5. The van der Waals surface area contributed by atoms with Crippen LogP contribution in [0.2, 0.25) is 0 Å². The Bertz CT molecular complexity index is 581. The van der Waals surface area contributed by atoms with Gasteiger partial charge in [-0.15, -0.1) is 12.4 Å². The van der Waals surface area contributed by atoms with E-state index < -0.39 is 10.0 Å². The highest BCUT2D eigenvalue weighted by Crippen LogP contribution is 2.29. The second-order valence-corrected chi connectivity index (χ2v) is 7.70. The fourth-order valence-corrected chi connectivity index (χ4v) is 4.49. The molecule has 2 N–H and O–H groups in total. The van der Waals surface area contributed by atoms with Crippen molar-refractivity contribution in [3.05, 3.63) is 29.8 Å². The highest BCUT2D eigenvalue weighted by Gasteiger charge is 2.33. The Morgan fingerprint density at radius 3 is 2.52 bits per heavy atom. The van der Waals surface area contributed by atoms with Gasteiger partial charge in [0.15, 0.2) is 0 Å². The number of halogens is 1. The number of hydrogen-bond acceptors (Lipinski definition) is 4. The van der Waals surface area contributed by atoms with Crippen LogP contribution in [0, 0.1) is 5.41 Å². The minimum atomic E-state index is -3.48. The molecule has 0 atom stereocenters. The van der Waals surface area contributed by atoms with Gasteiger partial charge in [-0.05, 0) is 44.0 Å². The Balaban J connectivity index is 0.00000264. The van der Waals surface area contributed by atoms with Gasteiger partial charge in [-0.3, -0.25) is 0 Å². The fourth-order valence-electron chi connectivity index (χ4n) is 3.02. The second-order valence-electron chi connectivity index (χ2n) is 5.97. The molecule has 0 amide bonds. The molecule has 0 unspecified atom stereocenters. The zero-order valence-electron chi connectivity index (χ0n) is 13.8. The van der Waals surface area contributed by atoms with E-state index in [0.717, 1.165) is 31.5 Å². The van der Waals surface area contributed by atoms with E-state index in [2.05, 4.69) is 10.0 Å². The molecule has 0 bridgehead atoms. The van der Waals surface area contributed by atoms with Gasteiger partial charge in [-0.2, -0.15) is 0 Å². The number of aryl methyl sites for hydroxylation is 1. The summed E-state index contributed by atoms with van der Waals surface area (Å²) in [7, 11) is -1.81. The third-order valence-corrected chi connectivity index (χ3v) is 5.90. The van der Waals surface area contributed by atoms with Crippen molar-refractivity contribution >= 4 is 22.4 Å². The second kappa shape index (κ2) is 8.99. The highest BCUT2D eigenvalue weighted by molar-refractivity contribution is 7.89. The number of ether oxygens (including phenoxy) is 1. The van der Waals surface area contributed by atoms with E-state index in [4.69, 9.17) is 4.74 Å². The van der Waals surface area contributed by atoms with Crippen LogP contribution in [0.3, 0.4) is 0 Å². The molecule has 0 saturated carbocycles. The van der Waals surface area contributed by atoms with Crippen molar-refractivity contribution in [1.82, 2.24) is 10.0 Å². The fraction of sp³-hybridized carbons (Fsp3) is 0.625. The summed E-state index contributed by atoms with van der Waals surface area (Å²) < 4.78 is 33.4. The summed E-state index contributed by atoms with van der Waals surface area (Å²) in [6, 6.07) is 7.18. The summed E-state index contributed by atoms with van der Waals surface area (Å²) in [5.74, 6) is 0. The Hall–Kier alpha value is -0.660. The molecule has 1 aliphatic heterocycles. The van der Waals surface area contributed by atoms with Gasteiger partial charge in [0, 0.05) is 19.1 Å². The van der Waals surface area contributed by atoms with E-state index >= 15 is 0 Å². The molecule has 2 rings (SSSR count). The van der Waals surface area contributed by atoms with Gasteiger partial charge in [0.2, 0.25) is 10.0 Å². The minimum absolute atomic E-state index is 0. The smallest absolute Gasteiger partial charge is 0.240 e. The van der Waals surface area contributed by atoms with Gasteiger partial charge in [0.1, 0.15) is 0 Å². The van der Waals surface area contributed by atoms with Crippen LogP contribution in [-0.2, 0) is 21.2 Å². The van der Waals surface area contributed by atoms with Crippen LogP contribution in [0.5, 0.6) is 0 Å². The monoisotopic (exact) mass is 362 g/mol. The first-order valence-electron chi connectivity index (χ1n) is 7.80. The van der Waals surface area contributed by atoms with Crippen molar-refractivity contribution in [2.24, 2.45) is 5.41 Å². The molecule has 7 heteroatoms. The molecular weight excluding hydrogens is 336 g/mol. The minimum Gasteiger partial charge on any atom is -0.384 e. The molecule has 132 valence electrons. The topological polar surface area (TPSA) is 67.4 Å². The predicted molar refractivity (Wildman–Crippen MR) is 94.7 cm³/mol. The van der Waals surface area contributed by atoms with E-state index in [1.807, 2.05) is 19.1 Å². The van der Waals surface area contributed by atoms with Crippen LogP contribution in [0.4, 0.5) is 0 Å². The van der Waals surface area contributed by atoms with Crippen molar-refractivity contribution in [1.29, 1.82) is 0 Å². The Kier molecular flexibility index (Phi) is 7.97. The number of hydrogen-bond donors (Lipinski definition) is 2. The largest absolute Gasteiger partial charge is 0.384 e. The molecule has 5 nitrogen and oxygen atoms in total. The number of piperidine rings is 1. The lowest BCUT2D eigenvalue weighted by Crippen LogP contribution is -2.47. The van der Waals surface area contributed by atoms with E-state index in [0.29, 0.717) is 24.5 Å². The lowest BCUT2D eigenvalue weighted by molar-refractivity contribution is 0.0577. The molecule has 0 aromatic heterocycles. The number of methoxy groups -OCH3 is 1. The molecule has 0 spiro atoms. The predicted octanol–water partition coefficient (Wildman–Crippen LogP) is 1.97. The summed E-state index contributed by atoms with van der Waals surface area (Å²) in [6.07, 6.45) is 2.53. The number of rotatable bonds is 7. The van der Waals surface area contributed by atoms with E-state index in [-0.39, 0.29) is 17.8 Å². The van der Waals surface area contributed by atoms with Crippen molar-refractivity contribution in [2.75, 3.05) is 33.4 Å². The summed E-state index contributed by atoms with van der Waals surface area (Å²) in [4.78, 5) is 0.388. The summed E-state index contributed by atoms with van der Waals surface area (Å²) in [6.45, 7) is 4.76. The third kappa shape index (κ3) is 5.16. The van der Waals surface area contributed by atoms with Crippen molar-refractivity contribution in [2.45, 2.75) is 31.1 Å². The van der Waals surface area contributed by atoms with Crippen molar-refractivity contribution in [3.8, 4) is 0 Å². The average molecular weight is 363 g/mol. The Morgan fingerprint density at radius 1 is 1.26 bits per heavy atom. The number of nitrogens with one attached hydrogen (secondary N) is 2. The zero-order chi connectivity index (χ0) is 16.1. The maximum atomic E-state index is 12.6. The highest BCUT2D eigenvalue weighted by atomic mass is 35.5. The summed E-state index contributed by atoms with van der Waals surface area (Å²) in [5, 5.41) is 3.31. The third-order valence-electron chi connectivity index (χ3n) is 4.39. The molecular formula is C16H27ClN2O3S. The van der Waals surface area contributed by atoms with E-state index in [9.17, 15) is 8.42 Å². The molecule has 1 fully saturated rings. The standard InChI is InChI=1S/C16H26N2O3S.ClH/c1-3-14-6-4-5-7-15(14)22(19,20)18-12-16(13-21-2)8-10-17-11-9-16;/h4-7,17-18H,3,8-13H2,1-2H3;1H. The van der Waals surface area contributed by atoms with Crippen LogP contribution in [0.1, 0.15) is 25.3 Å². The molecule has 0 radical (unpaired) electrons. The van der Waals surface area contributed by atoms with Gasteiger partial charge in [-0.1, -0.05) is 25.1 Å². The first-order valence-corrected chi connectivity index (χ1v) is 9.28. The van der Waals surface area contributed by atoms with Gasteiger partial charge in [0.25, 0.3) is 0 Å². The lowest BCUT2D eigenvalue weighted by atomic mass is 9.80. The Labute approximate surface area is 145 Å². The maximum absolute atomic E-state index is 12.6. The first-order chi connectivity index (χ1) is 10.5. The Morgan fingerprint density at radius 2 is 1.91 bits per heavy atom. The van der Waals surface area contributed by atoms with Crippen LogP contribution >= 0.6 is 12.4 Å². The average Bonchev–Trinajstić information content (AvgIpc) is 2.54. The van der Waals surface area contributed by atoms with Crippen LogP contribution in [-0.4, -0.2) is 41.8 Å². The SMILES string of the molecule is CCc1ccccc1S(=O)(=O)NCC1(COC)CCNCC1.Cl. The number of benzene rings is 1. The van der Waals surface area contributed by atoms with Crippen molar-refractivity contribution < 1.29 is 13.2 Å². The quantitative estimate of drug-likeness (QED) is 0.778. The first kappa shape index (κ1) is 20.4. The molecule has 1 aliphatic rings. The zero-order valence-corrected chi connectivity index (χ0v) is 15.4. The summed E-state index contributed by atoms with van der Waals surface area (Å²) in [5.41, 5.74) is 0.731.